The maximum Gasteiger partial charge on any atom is 0.262 e. The molecule has 1 aliphatic rings. The standard InChI is InChI=1S/C19H18N10O3/c1-28-9-7-19(31,16(28)30)15-10-14(25-32-15)12-5-3-4-11(21-12)13-6-8-20-17(22-13)23-18-24-26-27-29(18)2/h3-6,8,10,31H,7,9H2,1-2H3,(H,20,22,23,24,27). The molecule has 1 atom stereocenters. The zero-order chi connectivity index (χ0) is 22.3. The maximum absolute atomic E-state index is 12.3. The van der Waals surface area contributed by atoms with E-state index in [1.807, 2.05) is 0 Å². The van der Waals surface area contributed by atoms with Gasteiger partial charge in [0.05, 0.1) is 17.1 Å². The van der Waals surface area contributed by atoms with Gasteiger partial charge in [-0.05, 0) is 28.6 Å². The molecule has 1 amide bonds. The van der Waals surface area contributed by atoms with Crippen LogP contribution in [0.1, 0.15) is 12.2 Å². The van der Waals surface area contributed by atoms with E-state index in [2.05, 4.69) is 41.0 Å². The lowest BCUT2D eigenvalue weighted by Crippen LogP contribution is -2.35. The number of anilines is 2. The quantitative estimate of drug-likeness (QED) is 0.450. The molecule has 0 spiro atoms. The monoisotopic (exact) mass is 434 g/mol. The fourth-order valence-corrected chi connectivity index (χ4v) is 3.39. The number of hydrogen-bond acceptors (Lipinski definition) is 11. The van der Waals surface area contributed by atoms with Gasteiger partial charge in [-0.3, -0.25) is 10.1 Å². The van der Waals surface area contributed by atoms with E-state index in [0.717, 1.165) is 0 Å². The van der Waals surface area contributed by atoms with Crippen LogP contribution in [0.25, 0.3) is 22.8 Å². The van der Waals surface area contributed by atoms with E-state index in [-0.39, 0.29) is 12.2 Å². The van der Waals surface area contributed by atoms with Gasteiger partial charge in [0, 0.05) is 39.3 Å². The van der Waals surface area contributed by atoms with Crippen molar-refractivity contribution in [2.75, 3.05) is 18.9 Å². The second-order valence-electron chi connectivity index (χ2n) is 7.34. The molecule has 1 unspecified atom stereocenters. The van der Waals surface area contributed by atoms with Crippen LogP contribution in [0, 0.1) is 0 Å². The number of aliphatic hydroxyl groups is 1. The van der Waals surface area contributed by atoms with E-state index < -0.39 is 11.5 Å². The number of amides is 1. The van der Waals surface area contributed by atoms with Crippen LogP contribution in [0.4, 0.5) is 11.9 Å². The highest BCUT2D eigenvalue weighted by Gasteiger charge is 2.48. The van der Waals surface area contributed by atoms with Gasteiger partial charge >= 0.3 is 0 Å². The summed E-state index contributed by atoms with van der Waals surface area (Å²) in [5.41, 5.74) is 0.332. The molecule has 2 N–H and O–H groups in total. The molecule has 4 aromatic rings. The third kappa shape index (κ3) is 3.33. The Morgan fingerprint density at radius 3 is 2.62 bits per heavy atom. The minimum atomic E-state index is -1.71. The van der Waals surface area contributed by atoms with Crippen molar-refractivity contribution < 1.29 is 14.4 Å². The van der Waals surface area contributed by atoms with Crippen LogP contribution >= 0.6 is 0 Å². The summed E-state index contributed by atoms with van der Waals surface area (Å²) >= 11 is 0. The van der Waals surface area contributed by atoms with Crippen molar-refractivity contribution in [3.05, 3.63) is 42.3 Å². The smallest absolute Gasteiger partial charge is 0.262 e. The summed E-state index contributed by atoms with van der Waals surface area (Å²) in [4.78, 5) is 27.0. The molecule has 13 heteroatoms. The van der Waals surface area contributed by atoms with Crippen molar-refractivity contribution in [3.8, 4) is 22.8 Å². The third-order valence-electron chi connectivity index (χ3n) is 5.20. The summed E-state index contributed by atoms with van der Waals surface area (Å²) in [5, 5.41) is 28.9. The first-order chi connectivity index (χ1) is 15.4. The topological polar surface area (TPSA) is 161 Å². The van der Waals surface area contributed by atoms with E-state index in [1.165, 1.54) is 15.6 Å². The highest BCUT2D eigenvalue weighted by atomic mass is 16.5. The largest absolute Gasteiger partial charge is 0.373 e. The van der Waals surface area contributed by atoms with Gasteiger partial charge in [0.2, 0.25) is 17.5 Å². The van der Waals surface area contributed by atoms with Gasteiger partial charge < -0.3 is 14.5 Å². The fraction of sp³-hybridized carbons (Fsp3) is 0.263. The molecule has 13 nitrogen and oxygen atoms in total. The molecular formula is C19H18N10O3. The van der Waals surface area contributed by atoms with Crippen LogP contribution in [0.15, 0.2) is 41.1 Å². The fourth-order valence-electron chi connectivity index (χ4n) is 3.39. The zero-order valence-corrected chi connectivity index (χ0v) is 17.2. The molecular weight excluding hydrogens is 416 g/mol. The van der Waals surface area contributed by atoms with Crippen molar-refractivity contribution in [1.29, 1.82) is 0 Å². The molecule has 1 fully saturated rings. The summed E-state index contributed by atoms with van der Waals surface area (Å²) in [5.74, 6) is 0.382. The van der Waals surface area contributed by atoms with Gasteiger partial charge in [-0.1, -0.05) is 16.3 Å². The Morgan fingerprint density at radius 1 is 1.12 bits per heavy atom. The van der Waals surface area contributed by atoms with Crippen LogP contribution in [0.3, 0.4) is 0 Å². The van der Waals surface area contributed by atoms with E-state index >= 15 is 0 Å². The number of nitrogens with one attached hydrogen (secondary N) is 1. The van der Waals surface area contributed by atoms with Crippen molar-refractivity contribution >= 4 is 17.8 Å². The van der Waals surface area contributed by atoms with Crippen molar-refractivity contribution in [2.45, 2.75) is 12.0 Å². The molecule has 32 heavy (non-hydrogen) atoms. The molecule has 162 valence electrons. The lowest BCUT2D eigenvalue weighted by atomic mass is 9.98. The van der Waals surface area contributed by atoms with Crippen LogP contribution in [-0.4, -0.2) is 69.8 Å². The molecule has 1 aliphatic heterocycles. The molecule has 1 saturated heterocycles. The predicted molar refractivity (Wildman–Crippen MR) is 109 cm³/mol. The summed E-state index contributed by atoms with van der Waals surface area (Å²) < 4.78 is 6.77. The molecule has 0 bridgehead atoms. The van der Waals surface area contributed by atoms with Crippen molar-refractivity contribution in [3.63, 3.8) is 0 Å². The number of pyridine rings is 1. The highest BCUT2D eigenvalue weighted by Crippen LogP contribution is 2.34. The molecule has 0 radical (unpaired) electrons. The minimum Gasteiger partial charge on any atom is -0.373 e. The number of likely N-dealkylation sites (N-methyl/N-ethyl adjacent to an activating group) is 1. The van der Waals surface area contributed by atoms with Gasteiger partial charge in [0.15, 0.2) is 5.76 Å². The number of carbonyl (C=O) groups excluding carboxylic acids is 1. The predicted octanol–water partition coefficient (Wildman–Crippen LogP) is 0.510. The highest BCUT2D eigenvalue weighted by molar-refractivity contribution is 5.87. The second kappa shape index (κ2) is 7.46. The van der Waals surface area contributed by atoms with E-state index in [9.17, 15) is 9.90 Å². The average molecular weight is 434 g/mol. The maximum atomic E-state index is 12.3. The van der Waals surface area contributed by atoms with E-state index in [1.54, 1.807) is 44.6 Å². The molecule has 5 heterocycles. The number of rotatable bonds is 5. The van der Waals surface area contributed by atoms with Crippen LogP contribution in [0.2, 0.25) is 0 Å². The summed E-state index contributed by atoms with van der Waals surface area (Å²) in [7, 11) is 3.32. The molecule has 0 saturated carbocycles. The Balaban J connectivity index is 1.43. The Bertz CT molecular complexity index is 1300. The lowest BCUT2D eigenvalue weighted by molar-refractivity contribution is -0.144. The lowest BCUT2D eigenvalue weighted by Gasteiger charge is -2.16. The molecule has 0 aliphatic carbocycles. The van der Waals surface area contributed by atoms with Gasteiger partial charge in [0.1, 0.15) is 5.69 Å². The first-order valence-corrected chi connectivity index (χ1v) is 9.69. The number of aryl methyl sites for hydroxylation is 1. The van der Waals surface area contributed by atoms with Gasteiger partial charge in [0.25, 0.3) is 5.91 Å². The molecule has 0 aromatic carbocycles. The Hall–Kier alpha value is -4.26. The first-order valence-electron chi connectivity index (χ1n) is 9.69. The Morgan fingerprint density at radius 2 is 1.91 bits per heavy atom. The first kappa shape index (κ1) is 19.7. The number of aromatic nitrogens is 8. The van der Waals surface area contributed by atoms with Crippen LogP contribution in [0.5, 0.6) is 0 Å². The minimum absolute atomic E-state index is 0.0971. The van der Waals surface area contributed by atoms with Gasteiger partial charge in [-0.15, -0.1) is 0 Å². The number of tetrazole rings is 1. The van der Waals surface area contributed by atoms with Crippen molar-refractivity contribution in [1.82, 2.24) is 45.2 Å². The number of hydrogen-bond donors (Lipinski definition) is 2. The molecule has 4 aromatic heterocycles. The third-order valence-corrected chi connectivity index (χ3v) is 5.20. The second-order valence-corrected chi connectivity index (χ2v) is 7.34. The number of nitrogens with zero attached hydrogens (tertiary/aromatic N) is 9. The van der Waals surface area contributed by atoms with Gasteiger partial charge in [-0.25, -0.2) is 19.6 Å². The Kier molecular flexibility index (Phi) is 4.59. The van der Waals surface area contributed by atoms with Crippen LogP contribution in [-0.2, 0) is 17.4 Å². The van der Waals surface area contributed by atoms with Gasteiger partial charge in [-0.2, -0.15) is 0 Å². The van der Waals surface area contributed by atoms with E-state index in [0.29, 0.717) is 41.2 Å². The SMILES string of the molecule is CN1CCC(O)(c2cc(-c3cccc(-c4ccnc(Nc5nnnn5C)n4)n3)no2)C1=O. The zero-order valence-electron chi connectivity index (χ0n) is 17.2. The summed E-state index contributed by atoms with van der Waals surface area (Å²) in [6, 6.07) is 8.61. The average Bonchev–Trinajstić information content (AvgIpc) is 3.52. The van der Waals surface area contributed by atoms with Crippen LogP contribution < -0.4 is 5.32 Å². The van der Waals surface area contributed by atoms with Crippen molar-refractivity contribution in [2.24, 2.45) is 7.05 Å². The summed E-state index contributed by atoms with van der Waals surface area (Å²) in [6.45, 7) is 0.438. The number of likely N-dealkylation sites (tertiary alicyclic amines) is 1. The molecule has 5 rings (SSSR count). The summed E-state index contributed by atoms with van der Waals surface area (Å²) in [6.07, 6.45) is 1.83. The Labute approximate surface area is 181 Å². The normalized spacial score (nSPS) is 18.3. The van der Waals surface area contributed by atoms with E-state index in [4.69, 9.17) is 4.52 Å². The number of carbonyl (C=O) groups is 1.